The summed E-state index contributed by atoms with van der Waals surface area (Å²) in [5, 5.41) is 19.4. The lowest BCUT2D eigenvalue weighted by Gasteiger charge is -2.28. The van der Waals surface area contributed by atoms with E-state index in [1.807, 2.05) is 6.92 Å². The topological polar surface area (TPSA) is 40.5 Å². The molecule has 0 saturated heterocycles. The van der Waals surface area contributed by atoms with Gasteiger partial charge in [-0.3, -0.25) is 0 Å². The Hall–Kier alpha value is -0.0800. The molecule has 14 heavy (non-hydrogen) atoms. The average molecular weight is 202 g/mol. The molecule has 0 aliphatic carbocycles. The molecule has 2 N–H and O–H groups in total. The minimum atomic E-state index is -0.416. The molecule has 0 aliphatic heterocycles. The first-order valence-corrected chi connectivity index (χ1v) is 5.90. The zero-order chi connectivity index (χ0) is 11.1. The molecule has 0 saturated carbocycles. The molecule has 0 aromatic rings. The second-order valence-corrected chi connectivity index (χ2v) is 4.40. The number of aliphatic hydroxyl groups is 2. The summed E-state index contributed by atoms with van der Waals surface area (Å²) in [5.74, 6) is 0.330. The average Bonchev–Trinajstić information content (AvgIpc) is 2.17. The lowest BCUT2D eigenvalue weighted by molar-refractivity contribution is -0.00694. The fraction of sp³-hybridized carbons (Fsp3) is 1.00. The van der Waals surface area contributed by atoms with E-state index in [1.54, 1.807) is 6.92 Å². The summed E-state index contributed by atoms with van der Waals surface area (Å²) in [7, 11) is 0. The van der Waals surface area contributed by atoms with E-state index >= 15 is 0 Å². The lowest BCUT2D eigenvalue weighted by atomic mass is 9.84. The highest BCUT2D eigenvalue weighted by molar-refractivity contribution is 4.76. The minimum Gasteiger partial charge on any atom is -0.393 e. The fourth-order valence-electron chi connectivity index (χ4n) is 1.80. The summed E-state index contributed by atoms with van der Waals surface area (Å²) in [6, 6.07) is 0. The van der Waals surface area contributed by atoms with E-state index in [2.05, 4.69) is 13.8 Å². The standard InChI is InChI=1S/C12H26O2/c1-5-7-8-11(6-2)12(14)9(3)10(4)13/h9-14H,5-8H2,1-4H3/t9-,10+,11+,12+/m0/s1. The van der Waals surface area contributed by atoms with Gasteiger partial charge in [0.1, 0.15) is 0 Å². The maximum absolute atomic E-state index is 10.0. The normalized spacial score (nSPS) is 20.1. The molecule has 0 aromatic heterocycles. The van der Waals surface area contributed by atoms with Gasteiger partial charge in [0, 0.05) is 5.92 Å². The Balaban J connectivity index is 4.08. The molecule has 0 fully saturated rings. The van der Waals surface area contributed by atoms with Crippen LogP contribution in [-0.2, 0) is 0 Å². The highest BCUT2D eigenvalue weighted by Gasteiger charge is 2.25. The number of hydrogen-bond acceptors (Lipinski definition) is 2. The van der Waals surface area contributed by atoms with Crippen LogP contribution in [0.2, 0.25) is 0 Å². The Bertz CT molecular complexity index is 134. The SMILES string of the molecule is CCCC[C@@H](CC)[C@H](O)[C@@H](C)[C@@H](C)O. The van der Waals surface area contributed by atoms with Crippen molar-refractivity contribution < 1.29 is 10.2 Å². The molecule has 0 radical (unpaired) electrons. The smallest absolute Gasteiger partial charge is 0.0618 e. The molecule has 2 nitrogen and oxygen atoms in total. The van der Waals surface area contributed by atoms with Gasteiger partial charge >= 0.3 is 0 Å². The largest absolute Gasteiger partial charge is 0.393 e. The van der Waals surface area contributed by atoms with E-state index in [0.717, 1.165) is 12.8 Å². The minimum absolute atomic E-state index is 0.0168. The number of rotatable bonds is 7. The molecule has 0 rings (SSSR count). The summed E-state index contributed by atoms with van der Waals surface area (Å²) in [4.78, 5) is 0. The third-order valence-corrected chi connectivity index (χ3v) is 3.24. The molecule has 0 heterocycles. The van der Waals surface area contributed by atoms with Crippen LogP contribution in [0.25, 0.3) is 0 Å². The van der Waals surface area contributed by atoms with Gasteiger partial charge in [0.05, 0.1) is 12.2 Å². The van der Waals surface area contributed by atoms with Crippen molar-refractivity contribution in [3.63, 3.8) is 0 Å². The van der Waals surface area contributed by atoms with Gasteiger partial charge in [-0.2, -0.15) is 0 Å². The van der Waals surface area contributed by atoms with E-state index < -0.39 is 6.10 Å². The van der Waals surface area contributed by atoms with Crippen molar-refractivity contribution in [2.45, 2.75) is 65.6 Å². The Morgan fingerprint density at radius 3 is 2.00 bits per heavy atom. The highest BCUT2D eigenvalue weighted by Crippen LogP contribution is 2.23. The number of unbranched alkanes of at least 4 members (excludes halogenated alkanes) is 1. The third-order valence-electron chi connectivity index (χ3n) is 3.24. The molecule has 0 aromatic carbocycles. The van der Waals surface area contributed by atoms with Crippen LogP contribution in [-0.4, -0.2) is 22.4 Å². The first-order chi connectivity index (χ1) is 6.54. The van der Waals surface area contributed by atoms with Gasteiger partial charge in [-0.15, -0.1) is 0 Å². The second-order valence-electron chi connectivity index (χ2n) is 4.40. The van der Waals surface area contributed by atoms with Crippen LogP contribution in [0.15, 0.2) is 0 Å². The Labute approximate surface area is 88.3 Å². The second kappa shape index (κ2) is 7.24. The molecule has 86 valence electrons. The van der Waals surface area contributed by atoms with Gasteiger partial charge in [-0.05, 0) is 19.3 Å². The fourth-order valence-corrected chi connectivity index (χ4v) is 1.80. The molecule has 2 heteroatoms. The van der Waals surface area contributed by atoms with Gasteiger partial charge in [-0.1, -0.05) is 40.0 Å². The zero-order valence-corrected chi connectivity index (χ0v) is 10.0. The summed E-state index contributed by atoms with van der Waals surface area (Å²) in [6.07, 6.45) is 3.64. The molecule has 4 atom stereocenters. The van der Waals surface area contributed by atoms with Crippen LogP contribution in [0.3, 0.4) is 0 Å². The number of hydrogen-bond donors (Lipinski definition) is 2. The van der Waals surface area contributed by atoms with Gasteiger partial charge in [0.15, 0.2) is 0 Å². The third kappa shape index (κ3) is 4.43. The maximum Gasteiger partial charge on any atom is 0.0618 e. The molecule has 0 aliphatic rings. The molecule has 0 spiro atoms. The summed E-state index contributed by atoms with van der Waals surface area (Å²) >= 11 is 0. The maximum atomic E-state index is 10.0. The van der Waals surface area contributed by atoms with Crippen LogP contribution in [0.4, 0.5) is 0 Å². The summed E-state index contributed by atoms with van der Waals surface area (Å²) in [6.45, 7) is 7.94. The van der Waals surface area contributed by atoms with Crippen LogP contribution in [0, 0.1) is 11.8 Å². The summed E-state index contributed by atoms with van der Waals surface area (Å²) in [5.41, 5.74) is 0. The molecular weight excluding hydrogens is 176 g/mol. The van der Waals surface area contributed by atoms with Crippen molar-refractivity contribution in [1.82, 2.24) is 0 Å². The van der Waals surface area contributed by atoms with Gasteiger partial charge in [-0.25, -0.2) is 0 Å². The predicted octanol–water partition coefficient (Wildman–Crippen LogP) is 2.58. The van der Waals surface area contributed by atoms with Crippen molar-refractivity contribution in [2.75, 3.05) is 0 Å². The van der Waals surface area contributed by atoms with Crippen molar-refractivity contribution in [3.05, 3.63) is 0 Å². The van der Waals surface area contributed by atoms with Crippen LogP contribution < -0.4 is 0 Å². The van der Waals surface area contributed by atoms with Crippen molar-refractivity contribution in [3.8, 4) is 0 Å². The van der Waals surface area contributed by atoms with Crippen molar-refractivity contribution in [2.24, 2.45) is 11.8 Å². The van der Waals surface area contributed by atoms with Crippen LogP contribution in [0.1, 0.15) is 53.4 Å². The molecule has 0 amide bonds. The quantitative estimate of drug-likeness (QED) is 0.666. The van der Waals surface area contributed by atoms with Gasteiger partial charge in [0.2, 0.25) is 0 Å². The highest BCUT2D eigenvalue weighted by atomic mass is 16.3. The monoisotopic (exact) mass is 202 g/mol. The van der Waals surface area contributed by atoms with Crippen LogP contribution in [0.5, 0.6) is 0 Å². The number of aliphatic hydroxyl groups excluding tert-OH is 2. The van der Waals surface area contributed by atoms with E-state index in [4.69, 9.17) is 0 Å². The van der Waals surface area contributed by atoms with Crippen molar-refractivity contribution >= 4 is 0 Å². The first-order valence-electron chi connectivity index (χ1n) is 5.90. The molecule has 0 unspecified atom stereocenters. The first kappa shape index (κ1) is 13.9. The summed E-state index contributed by atoms with van der Waals surface area (Å²) < 4.78 is 0. The van der Waals surface area contributed by atoms with Crippen molar-refractivity contribution in [1.29, 1.82) is 0 Å². The van der Waals surface area contributed by atoms with Gasteiger partial charge < -0.3 is 10.2 Å². The Morgan fingerprint density at radius 1 is 1.07 bits per heavy atom. The Morgan fingerprint density at radius 2 is 1.64 bits per heavy atom. The van der Waals surface area contributed by atoms with E-state index in [0.29, 0.717) is 5.92 Å². The molecular formula is C12H26O2. The predicted molar refractivity (Wildman–Crippen MR) is 60.2 cm³/mol. The Kier molecular flexibility index (Phi) is 7.20. The zero-order valence-electron chi connectivity index (χ0n) is 10.0. The van der Waals surface area contributed by atoms with E-state index in [9.17, 15) is 10.2 Å². The molecule has 0 bridgehead atoms. The van der Waals surface area contributed by atoms with Crippen LogP contribution >= 0.6 is 0 Å². The van der Waals surface area contributed by atoms with E-state index in [1.165, 1.54) is 12.8 Å². The van der Waals surface area contributed by atoms with E-state index in [-0.39, 0.29) is 12.0 Å². The lowest BCUT2D eigenvalue weighted by Crippen LogP contribution is -2.33. The van der Waals surface area contributed by atoms with Gasteiger partial charge in [0.25, 0.3) is 0 Å².